The summed E-state index contributed by atoms with van der Waals surface area (Å²) in [4.78, 5) is 33.5. The van der Waals surface area contributed by atoms with Crippen molar-refractivity contribution in [1.29, 1.82) is 0 Å². The summed E-state index contributed by atoms with van der Waals surface area (Å²) < 4.78 is 0. The fourth-order valence-corrected chi connectivity index (χ4v) is 2.22. The van der Waals surface area contributed by atoms with Gasteiger partial charge in [0.1, 0.15) is 6.04 Å². The zero-order valence-electron chi connectivity index (χ0n) is 14.5. The van der Waals surface area contributed by atoms with Crippen molar-refractivity contribution in [1.82, 2.24) is 10.6 Å². The summed E-state index contributed by atoms with van der Waals surface area (Å²) in [6.45, 7) is 3.42. The molecule has 0 aliphatic carbocycles. The molecule has 6 heteroatoms. The van der Waals surface area contributed by atoms with Gasteiger partial charge in [0, 0.05) is 6.42 Å². The third kappa shape index (κ3) is 13.8. The van der Waals surface area contributed by atoms with E-state index in [-0.39, 0.29) is 12.5 Å². The quantitative estimate of drug-likeness (QED) is 0.427. The SMILES string of the molecule is CCCCCCCCCCCC(=O)NCC(=O)N[C@@H](C)C(=O)O. The molecule has 0 aromatic rings. The minimum Gasteiger partial charge on any atom is -0.480 e. The summed E-state index contributed by atoms with van der Waals surface area (Å²) in [7, 11) is 0. The van der Waals surface area contributed by atoms with Crippen LogP contribution in [-0.2, 0) is 14.4 Å². The number of hydrogen-bond donors (Lipinski definition) is 3. The zero-order chi connectivity index (χ0) is 17.5. The molecular formula is C17H32N2O4. The van der Waals surface area contributed by atoms with Gasteiger partial charge in [-0.25, -0.2) is 0 Å². The van der Waals surface area contributed by atoms with E-state index in [0.717, 1.165) is 19.3 Å². The van der Waals surface area contributed by atoms with Crippen LogP contribution in [-0.4, -0.2) is 35.5 Å². The Morgan fingerprint density at radius 2 is 1.39 bits per heavy atom. The number of unbranched alkanes of at least 4 members (excludes halogenated alkanes) is 8. The number of carboxylic acid groups (broad SMARTS) is 1. The van der Waals surface area contributed by atoms with Gasteiger partial charge >= 0.3 is 5.97 Å². The number of aliphatic carboxylic acids is 1. The average Bonchev–Trinajstić information content (AvgIpc) is 2.51. The van der Waals surface area contributed by atoms with Crippen molar-refractivity contribution in [2.45, 2.75) is 84.1 Å². The van der Waals surface area contributed by atoms with Crippen molar-refractivity contribution in [2.24, 2.45) is 0 Å². The van der Waals surface area contributed by atoms with E-state index in [4.69, 9.17) is 5.11 Å². The van der Waals surface area contributed by atoms with Crippen molar-refractivity contribution < 1.29 is 19.5 Å². The van der Waals surface area contributed by atoms with Crippen LogP contribution in [0.5, 0.6) is 0 Å². The maximum absolute atomic E-state index is 11.6. The molecule has 2 amide bonds. The molecule has 134 valence electrons. The third-order valence-electron chi connectivity index (χ3n) is 3.70. The Morgan fingerprint density at radius 1 is 0.870 bits per heavy atom. The topological polar surface area (TPSA) is 95.5 Å². The molecule has 0 spiro atoms. The highest BCUT2D eigenvalue weighted by Crippen LogP contribution is 2.10. The molecule has 0 aliphatic heterocycles. The highest BCUT2D eigenvalue weighted by Gasteiger charge is 2.14. The first-order valence-corrected chi connectivity index (χ1v) is 8.76. The fraction of sp³-hybridized carbons (Fsp3) is 0.824. The minimum absolute atomic E-state index is 0.161. The minimum atomic E-state index is -1.10. The smallest absolute Gasteiger partial charge is 0.325 e. The van der Waals surface area contributed by atoms with Crippen LogP contribution < -0.4 is 10.6 Å². The van der Waals surface area contributed by atoms with Gasteiger partial charge in [-0.1, -0.05) is 58.3 Å². The predicted octanol–water partition coefficient (Wildman–Crippen LogP) is 2.61. The van der Waals surface area contributed by atoms with Crippen molar-refractivity contribution in [3.8, 4) is 0 Å². The summed E-state index contributed by atoms with van der Waals surface area (Å²) in [5.41, 5.74) is 0. The van der Waals surface area contributed by atoms with E-state index < -0.39 is 17.9 Å². The molecule has 1 atom stereocenters. The maximum atomic E-state index is 11.6. The Balaban J connectivity index is 3.47. The zero-order valence-corrected chi connectivity index (χ0v) is 14.5. The van der Waals surface area contributed by atoms with E-state index in [2.05, 4.69) is 17.6 Å². The number of carbonyl (C=O) groups excluding carboxylic acids is 2. The molecule has 0 aromatic carbocycles. The van der Waals surface area contributed by atoms with E-state index >= 15 is 0 Å². The molecule has 0 saturated carbocycles. The molecule has 0 heterocycles. The predicted molar refractivity (Wildman–Crippen MR) is 90.1 cm³/mol. The number of rotatable bonds is 14. The highest BCUT2D eigenvalue weighted by molar-refractivity contribution is 5.87. The van der Waals surface area contributed by atoms with Crippen LogP contribution in [0, 0.1) is 0 Å². The molecule has 0 bridgehead atoms. The monoisotopic (exact) mass is 328 g/mol. The van der Waals surface area contributed by atoms with Gasteiger partial charge in [0.15, 0.2) is 0 Å². The van der Waals surface area contributed by atoms with Crippen LogP contribution in [0.4, 0.5) is 0 Å². The second kappa shape index (κ2) is 14.0. The van der Waals surface area contributed by atoms with Gasteiger partial charge in [0.05, 0.1) is 6.54 Å². The van der Waals surface area contributed by atoms with Crippen LogP contribution in [0.25, 0.3) is 0 Å². The Kier molecular flexibility index (Phi) is 13.1. The Labute approximate surface area is 139 Å². The molecule has 0 saturated heterocycles. The molecule has 0 unspecified atom stereocenters. The number of hydrogen-bond acceptors (Lipinski definition) is 3. The van der Waals surface area contributed by atoms with Crippen LogP contribution in [0.3, 0.4) is 0 Å². The first-order valence-electron chi connectivity index (χ1n) is 8.76. The van der Waals surface area contributed by atoms with Gasteiger partial charge in [-0.2, -0.15) is 0 Å². The normalized spacial score (nSPS) is 11.7. The summed E-state index contributed by atoms with van der Waals surface area (Å²) in [6, 6.07) is -0.947. The van der Waals surface area contributed by atoms with Gasteiger partial charge in [-0.05, 0) is 13.3 Å². The molecule has 0 rings (SSSR count). The van der Waals surface area contributed by atoms with Gasteiger partial charge in [-0.3, -0.25) is 14.4 Å². The number of nitrogens with one attached hydrogen (secondary N) is 2. The number of carboxylic acids is 1. The lowest BCUT2D eigenvalue weighted by atomic mass is 10.1. The molecule has 6 nitrogen and oxygen atoms in total. The molecule has 23 heavy (non-hydrogen) atoms. The van der Waals surface area contributed by atoms with Crippen LogP contribution in [0.2, 0.25) is 0 Å². The second-order valence-electron chi connectivity index (χ2n) is 5.98. The lowest BCUT2D eigenvalue weighted by molar-refractivity contribution is -0.141. The van der Waals surface area contributed by atoms with E-state index in [1.165, 1.54) is 45.4 Å². The fourth-order valence-electron chi connectivity index (χ4n) is 2.22. The summed E-state index contributed by atoms with van der Waals surface area (Å²) >= 11 is 0. The van der Waals surface area contributed by atoms with E-state index in [0.29, 0.717) is 6.42 Å². The van der Waals surface area contributed by atoms with Crippen molar-refractivity contribution in [3.63, 3.8) is 0 Å². The van der Waals surface area contributed by atoms with Crippen LogP contribution in [0.1, 0.15) is 78.1 Å². The largest absolute Gasteiger partial charge is 0.480 e. The standard InChI is InChI=1S/C17H32N2O4/c1-3-4-5-6-7-8-9-10-11-12-15(20)18-13-16(21)19-14(2)17(22)23/h14H,3-13H2,1-2H3,(H,18,20)(H,19,21)(H,22,23)/t14-/m0/s1. The summed E-state index contributed by atoms with van der Waals surface area (Å²) in [5.74, 6) is -1.74. The Morgan fingerprint density at radius 3 is 1.91 bits per heavy atom. The van der Waals surface area contributed by atoms with Crippen LogP contribution in [0.15, 0.2) is 0 Å². The molecule has 0 aromatic heterocycles. The third-order valence-corrected chi connectivity index (χ3v) is 3.70. The molecule has 0 radical (unpaired) electrons. The van der Waals surface area contributed by atoms with E-state index in [1.54, 1.807) is 0 Å². The van der Waals surface area contributed by atoms with Crippen molar-refractivity contribution in [2.75, 3.05) is 6.54 Å². The van der Waals surface area contributed by atoms with Crippen LogP contribution >= 0.6 is 0 Å². The molecule has 0 fully saturated rings. The van der Waals surface area contributed by atoms with Gasteiger partial charge < -0.3 is 15.7 Å². The second-order valence-corrected chi connectivity index (χ2v) is 5.98. The molecule has 0 aliphatic rings. The summed E-state index contributed by atoms with van der Waals surface area (Å²) in [6.07, 6.45) is 11.1. The molecule has 3 N–H and O–H groups in total. The Hall–Kier alpha value is -1.59. The van der Waals surface area contributed by atoms with Gasteiger partial charge in [0.25, 0.3) is 0 Å². The highest BCUT2D eigenvalue weighted by atomic mass is 16.4. The average molecular weight is 328 g/mol. The maximum Gasteiger partial charge on any atom is 0.325 e. The van der Waals surface area contributed by atoms with Crippen molar-refractivity contribution in [3.05, 3.63) is 0 Å². The number of carbonyl (C=O) groups is 3. The molecular weight excluding hydrogens is 296 g/mol. The van der Waals surface area contributed by atoms with E-state index in [1.807, 2.05) is 0 Å². The first-order chi connectivity index (χ1) is 11.0. The lowest BCUT2D eigenvalue weighted by Gasteiger charge is -2.10. The summed E-state index contributed by atoms with van der Waals surface area (Å²) in [5, 5.41) is 13.4. The van der Waals surface area contributed by atoms with Gasteiger partial charge in [0.2, 0.25) is 11.8 Å². The number of amides is 2. The Bertz CT molecular complexity index is 359. The van der Waals surface area contributed by atoms with Crippen molar-refractivity contribution >= 4 is 17.8 Å². The van der Waals surface area contributed by atoms with Gasteiger partial charge in [-0.15, -0.1) is 0 Å². The van der Waals surface area contributed by atoms with E-state index in [9.17, 15) is 14.4 Å². The first kappa shape index (κ1) is 21.4. The lowest BCUT2D eigenvalue weighted by Crippen LogP contribution is -2.43.